The summed E-state index contributed by atoms with van der Waals surface area (Å²) < 4.78 is 48.2. The zero-order valence-corrected chi connectivity index (χ0v) is 17.8. The summed E-state index contributed by atoms with van der Waals surface area (Å²) in [5, 5.41) is 2.73. The molecular formula is C20H24N2O7S. The van der Waals surface area contributed by atoms with Crippen molar-refractivity contribution in [2.45, 2.75) is 4.90 Å². The summed E-state index contributed by atoms with van der Waals surface area (Å²) >= 11 is 0. The maximum atomic E-state index is 13.0. The third-order valence-corrected chi connectivity index (χ3v) is 6.57. The monoisotopic (exact) mass is 436 g/mol. The molecule has 30 heavy (non-hydrogen) atoms. The van der Waals surface area contributed by atoms with Crippen LogP contribution in [0.3, 0.4) is 0 Å². The van der Waals surface area contributed by atoms with E-state index in [2.05, 4.69) is 5.32 Å². The molecule has 0 aromatic heterocycles. The van der Waals surface area contributed by atoms with Crippen molar-refractivity contribution < 1.29 is 32.2 Å². The molecule has 0 radical (unpaired) electrons. The molecule has 0 saturated carbocycles. The highest BCUT2D eigenvalue weighted by Crippen LogP contribution is 2.31. The van der Waals surface area contributed by atoms with E-state index in [-0.39, 0.29) is 29.3 Å². The van der Waals surface area contributed by atoms with Gasteiger partial charge in [0.05, 0.1) is 50.7 Å². The molecule has 1 fully saturated rings. The van der Waals surface area contributed by atoms with Crippen LogP contribution in [0.4, 0.5) is 5.69 Å². The van der Waals surface area contributed by atoms with Crippen molar-refractivity contribution in [3.63, 3.8) is 0 Å². The second kappa shape index (κ2) is 9.33. The molecule has 1 N–H and O–H groups in total. The van der Waals surface area contributed by atoms with Gasteiger partial charge < -0.3 is 24.3 Å². The number of ether oxygens (including phenoxy) is 4. The van der Waals surface area contributed by atoms with E-state index in [0.717, 1.165) is 0 Å². The van der Waals surface area contributed by atoms with Crippen molar-refractivity contribution >= 4 is 21.6 Å². The van der Waals surface area contributed by atoms with Crippen molar-refractivity contribution in [1.82, 2.24) is 4.31 Å². The Morgan fingerprint density at radius 3 is 2.30 bits per heavy atom. The highest BCUT2D eigenvalue weighted by Gasteiger charge is 2.28. The Labute approximate surface area is 175 Å². The van der Waals surface area contributed by atoms with Gasteiger partial charge in [0.1, 0.15) is 17.2 Å². The summed E-state index contributed by atoms with van der Waals surface area (Å²) in [6, 6.07) is 9.15. The Morgan fingerprint density at radius 1 is 0.967 bits per heavy atom. The third kappa shape index (κ3) is 4.50. The lowest BCUT2D eigenvalue weighted by atomic mass is 10.1. The Hall–Kier alpha value is -2.82. The Bertz CT molecular complexity index is 1020. The van der Waals surface area contributed by atoms with Crippen LogP contribution in [0.1, 0.15) is 10.4 Å². The number of rotatable bonds is 7. The van der Waals surface area contributed by atoms with Gasteiger partial charge in [0.25, 0.3) is 5.91 Å². The van der Waals surface area contributed by atoms with Gasteiger partial charge in [0.2, 0.25) is 10.0 Å². The van der Waals surface area contributed by atoms with Gasteiger partial charge in [-0.25, -0.2) is 8.42 Å². The van der Waals surface area contributed by atoms with Crippen LogP contribution < -0.4 is 19.5 Å². The lowest BCUT2D eigenvalue weighted by molar-refractivity contribution is 0.0730. The number of anilines is 1. The first-order valence-corrected chi connectivity index (χ1v) is 10.6. The van der Waals surface area contributed by atoms with Crippen molar-refractivity contribution in [2.75, 3.05) is 52.9 Å². The zero-order valence-electron chi connectivity index (χ0n) is 17.0. The molecule has 10 heteroatoms. The van der Waals surface area contributed by atoms with Crippen molar-refractivity contribution in [3.8, 4) is 17.2 Å². The molecule has 3 rings (SSSR count). The number of carbonyl (C=O) groups is 1. The van der Waals surface area contributed by atoms with Gasteiger partial charge in [-0.15, -0.1) is 0 Å². The highest BCUT2D eigenvalue weighted by atomic mass is 32.2. The first kappa shape index (κ1) is 21.9. The van der Waals surface area contributed by atoms with E-state index in [1.165, 1.54) is 43.8 Å². The molecule has 2 aromatic rings. The number of hydrogen-bond acceptors (Lipinski definition) is 7. The molecule has 1 amide bonds. The van der Waals surface area contributed by atoms with Gasteiger partial charge in [-0.3, -0.25) is 4.79 Å². The lowest BCUT2D eigenvalue weighted by Crippen LogP contribution is -2.40. The quantitative estimate of drug-likeness (QED) is 0.708. The molecule has 0 bridgehead atoms. The first-order chi connectivity index (χ1) is 14.4. The minimum atomic E-state index is -3.76. The number of sulfonamides is 1. The maximum absolute atomic E-state index is 13.0. The number of nitrogens with one attached hydrogen (secondary N) is 1. The van der Waals surface area contributed by atoms with Crippen molar-refractivity contribution in [1.29, 1.82) is 0 Å². The van der Waals surface area contributed by atoms with Gasteiger partial charge in [-0.05, 0) is 30.3 Å². The van der Waals surface area contributed by atoms with E-state index in [4.69, 9.17) is 18.9 Å². The third-order valence-electron chi connectivity index (χ3n) is 4.68. The van der Waals surface area contributed by atoms with Crippen LogP contribution in [0, 0.1) is 0 Å². The van der Waals surface area contributed by atoms with Crippen LogP contribution >= 0.6 is 0 Å². The zero-order chi connectivity index (χ0) is 21.7. The van der Waals surface area contributed by atoms with Crippen LogP contribution in [-0.4, -0.2) is 66.3 Å². The number of carbonyl (C=O) groups excluding carboxylic acids is 1. The smallest absolute Gasteiger partial charge is 0.259 e. The number of morpholine rings is 1. The van der Waals surface area contributed by atoms with Crippen LogP contribution in [0.15, 0.2) is 41.3 Å². The summed E-state index contributed by atoms with van der Waals surface area (Å²) in [5.41, 5.74) is 0.497. The Balaban J connectivity index is 1.93. The normalized spacial score (nSPS) is 14.8. The topological polar surface area (TPSA) is 103 Å². The molecule has 0 unspecified atom stereocenters. The number of amides is 1. The summed E-state index contributed by atoms with van der Waals surface area (Å²) in [6.07, 6.45) is 0. The largest absolute Gasteiger partial charge is 0.497 e. The molecule has 0 spiro atoms. The second-order valence-electron chi connectivity index (χ2n) is 6.40. The fraction of sp³-hybridized carbons (Fsp3) is 0.350. The van der Waals surface area contributed by atoms with Crippen LogP contribution in [0.2, 0.25) is 0 Å². The highest BCUT2D eigenvalue weighted by molar-refractivity contribution is 7.89. The number of hydrogen-bond donors (Lipinski definition) is 1. The van der Waals surface area contributed by atoms with Crippen LogP contribution in [0.25, 0.3) is 0 Å². The van der Waals surface area contributed by atoms with E-state index in [1.807, 2.05) is 0 Å². The van der Waals surface area contributed by atoms with Gasteiger partial charge in [0, 0.05) is 19.2 Å². The Morgan fingerprint density at radius 2 is 1.67 bits per heavy atom. The van der Waals surface area contributed by atoms with E-state index >= 15 is 0 Å². The van der Waals surface area contributed by atoms with Gasteiger partial charge >= 0.3 is 0 Å². The molecular weight excluding hydrogens is 412 g/mol. The second-order valence-corrected chi connectivity index (χ2v) is 8.34. The van der Waals surface area contributed by atoms with Gasteiger partial charge in [0.15, 0.2) is 0 Å². The lowest BCUT2D eigenvalue weighted by Gasteiger charge is -2.26. The van der Waals surface area contributed by atoms with Gasteiger partial charge in [-0.2, -0.15) is 4.31 Å². The molecule has 1 aliphatic rings. The molecule has 1 aliphatic heterocycles. The Kier molecular flexibility index (Phi) is 6.80. The number of nitrogens with zero attached hydrogens (tertiary/aromatic N) is 1. The summed E-state index contributed by atoms with van der Waals surface area (Å²) in [6.45, 7) is 1.19. The molecule has 1 saturated heterocycles. The molecule has 162 valence electrons. The van der Waals surface area contributed by atoms with Crippen LogP contribution in [-0.2, 0) is 14.8 Å². The summed E-state index contributed by atoms with van der Waals surface area (Å²) in [5.74, 6) is 0.690. The SMILES string of the molecule is COc1ccc(NC(=O)c2cc(S(=O)(=O)N3CCOCC3)ccc2OC)c(OC)c1. The first-order valence-electron chi connectivity index (χ1n) is 9.20. The average molecular weight is 436 g/mol. The van der Waals surface area contributed by atoms with E-state index < -0.39 is 15.9 Å². The van der Waals surface area contributed by atoms with Gasteiger partial charge in [-0.1, -0.05) is 0 Å². The molecule has 0 atom stereocenters. The standard InChI is InChI=1S/C20H24N2O7S/c1-26-14-4-6-17(19(12-14)28-3)21-20(23)16-13-15(5-7-18(16)27-2)30(24,25)22-8-10-29-11-9-22/h4-7,12-13H,8-11H2,1-3H3,(H,21,23). The predicted octanol–water partition coefficient (Wildman–Crippen LogP) is 1.99. The molecule has 1 heterocycles. The van der Waals surface area contributed by atoms with E-state index in [1.54, 1.807) is 18.2 Å². The fourth-order valence-corrected chi connectivity index (χ4v) is 4.49. The maximum Gasteiger partial charge on any atom is 0.259 e. The van der Waals surface area contributed by atoms with Crippen molar-refractivity contribution in [2.24, 2.45) is 0 Å². The number of methoxy groups -OCH3 is 3. The molecule has 9 nitrogen and oxygen atoms in total. The van der Waals surface area contributed by atoms with E-state index in [0.29, 0.717) is 30.4 Å². The summed E-state index contributed by atoms with van der Waals surface area (Å²) in [4.78, 5) is 13.0. The van der Waals surface area contributed by atoms with E-state index in [9.17, 15) is 13.2 Å². The molecule has 2 aromatic carbocycles. The predicted molar refractivity (Wildman–Crippen MR) is 110 cm³/mol. The minimum absolute atomic E-state index is 0.0112. The van der Waals surface area contributed by atoms with Crippen LogP contribution in [0.5, 0.6) is 17.2 Å². The fourth-order valence-electron chi connectivity index (χ4n) is 3.05. The minimum Gasteiger partial charge on any atom is -0.497 e. The average Bonchev–Trinajstić information content (AvgIpc) is 2.79. The van der Waals surface area contributed by atoms with Crippen molar-refractivity contribution in [3.05, 3.63) is 42.0 Å². The summed E-state index contributed by atoms with van der Waals surface area (Å²) in [7, 11) is 0.651. The molecule has 0 aliphatic carbocycles. The number of benzene rings is 2.